The fourth-order valence-electron chi connectivity index (χ4n) is 3.03. The molecule has 1 heterocycles. The molecule has 1 N–H and O–H groups in total. The van der Waals surface area contributed by atoms with Gasteiger partial charge in [-0.05, 0) is 69.7 Å². The molecule has 1 amide bonds. The van der Waals surface area contributed by atoms with Gasteiger partial charge in [0.25, 0.3) is 0 Å². The molecular weight excluding hydrogens is 313 g/mol. The van der Waals surface area contributed by atoms with Gasteiger partial charge in [-0.3, -0.25) is 4.90 Å². The van der Waals surface area contributed by atoms with Gasteiger partial charge in [0.05, 0.1) is 0 Å². The summed E-state index contributed by atoms with van der Waals surface area (Å²) in [6, 6.07) is 3.70. The molecule has 1 saturated heterocycles. The minimum absolute atomic E-state index is 0.00257. The molecule has 2 rings (SSSR count). The second-order valence-electron chi connectivity index (χ2n) is 7.36. The molecule has 1 aliphatic heterocycles. The Bertz CT molecular complexity index is 638. The molecule has 2 atom stereocenters. The van der Waals surface area contributed by atoms with Crippen molar-refractivity contribution in [1.29, 1.82) is 0 Å². The van der Waals surface area contributed by atoms with Crippen LogP contribution < -0.4 is 0 Å². The quantitative estimate of drug-likeness (QED) is 0.918. The number of hydrogen-bond donors (Lipinski definition) is 1. The third-order valence-corrected chi connectivity index (χ3v) is 4.11. The van der Waals surface area contributed by atoms with Gasteiger partial charge in [0, 0.05) is 6.54 Å². The molecule has 1 fully saturated rings. The van der Waals surface area contributed by atoms with E-state index in [0.717, 1.165) is 11.1 Å². The summed E-state index contributed by atoms with van der Waals surface area (Å²) in [5, 5.41) is 9.41. The molecular formula is C18H24FNO4. The SMILES string of the molecule is Cc1cc(F)ccc1CC1CC(C(=O)O)N(C(=O)OC(C)(C)C)C1. The van der Waals surface area contributed by atoms with E-state index >= 15 is 0 Å². The lowest BCUT2D eigenvalue weighted by Gasteiger charge is -2.26. The summed E-state index contributed by atoms with van der Waals surface area (Å²) in [7, 11) is 0. The van der Waals surface area contributed by atoms with Crippen molar-refractivity contribution in [1.82, 2.24) is 4.90 Å². The molecule has 0 bridgehead atoms. The number of halogens is 1. The smallest absolute Gasteiger partial charge is 0.411 e. The Balaban J connectivity index is 2.11. The van der Waals surface area contributed by atoms with Crippen molar-refractivity contribution in [3.8, 4) is 0 Å². The second kappa shape index (κ2) is 6.79. The standard InChI is InChI=1S/C18H24FNO4/c1-11-7-14(19)6-5-13(11)8-12-9-15(16(21)22)20(10-12)17(23)24-18(2,3)4/h5-7,12,15H,8-10H2,1-4H3,(H,21,22). The second-order valence-corrected chi connectivity index (χ2v) is 7.36. The normalized spacial score (nSPS) is 21.0. The Hall–Kier alpha value is -2.11. The molecule has 6 heteroatoms. The topological polar surface area (TPSA) is 66.8 Å². The Morgan fingerprint density at radius 3 is 2.58 bits per heavy atom. The molecule has 24 heavy (non-hydrogen) atoms. The van der Waals surface area contributed by atoms with Gasteiger partial charge in [0.2, 0.25) is 0 Å². The van der Waals surface area contributed by atoms with Crippen molar-refractivity contribution < 1.29 is 23.8 Å². The minimum atomic E-state index is -1.03. The summed E-state index contributed by atoms with van der Waals surface area (Å²) in [4.78, 5) is 25.1. The zero-order valence-corrected chi connectivity index (χ0v) is 14.5. The van der Waals surface area contributed by atoms with Crippen molar-refractivity contribution in [2.45, 2.75) is 52.2 Å². The Kier molecular flexibility index (Phi) is 5.16. The van der Waals surface area contributed by atoms with Gasteiger partial charge in [0.1, 0.15) is 17.5 Å². The van der Waals surface area contributed by atoms with E-state index in [0.29, 0.717) is 19.4 Å². The summed E-state index contributed by atoms with van der Waals surface area (Å²) >= 11 is 0. The molecule has 5 nitrogen and oxygen atoms in total. The van der Waals surface area contributed by atoms with Crippen molar-refractivity contribution in [2.24, 2.45) is 5.92 Å². The maximum absolute atomic E-state index is 13.2. The van der Waals surface area contributed by atoms with Gasteiger partial charge in [-0.1, -0.05) is 6.07 Å². The van der Waals surface area contributed by atoms with Crippen LogP contribution in [0.4, 0.5) is 9.18 Å². The zero-order valence-electron chi connectivity index (χ0n) is 14.5. The first-order valence-corrected chi connectivity index (χ1v) is 8.04. The van der Waals surface area contributed by atoms with E-state index in [1.807, 2.05) is 6.92 Å². The van der Waals surface area contributed by atoms with Gasteiger partial charge in [0.15, 0.2) is 0 Å². The molecule has 1 aromatic rings. The Labute approximate surface area is 141 Å². The highest BCUT2D eigenvalue weighted by molar-refractivity contribution is 5.81. The van der Waals surface area contributed by atoms with Gasteiger partial charge in [-0.15, -0.1) is 0 Å². The van der Waals surface area contributed by atoms with Crippen molar-refractivity contribution in [3.63, 3.8) is 0 Å². The minimum Gasteiger partial charge on any atom is -0.480 e. The predicted octanol–water partition coefficient (Wildman–Crippen LogP) is 3.39. The number of nitrogens with zero attached hydrogens (tertiary/aromatic N) is 1. The van der Waals surface area contributed by atoms with E-state index in [1.165, 1.54) is 17.0 Å². The number of likely N-dealkylation sites (tertiary alicyclic amines) is 1. The first-order valence-electron chi connectivity index (χ1n) is 8.04. The summed E-state index contributed by atoms with van der Waals surface area (Å²) in [5.74, 6) is -1.32. The van der Waals surface area contributed by atoms with Gasteiger partial charge >= 0.3 is 12.1 Å². The number of carboxylic acids is 1. The molecule has 0 aromatic heterocycles. The number of aliphatic carboxylic acids is 1. The number of benzene rings is 1. The van der Waals surface area contributed by atoms with Crippen LogP contribution in [0.1, 0.15) is 38.3 Å². The first-order chi connectivity index (χ1) is 11.1. The number of amides is 1. The molecule has 0 aliphatic carbocycles. The molecule has 1 aromatic carbocycles. The van der Waals surface area contributed by atoms with E-state index < -0.39 is 23.7 Å². The third-order valence-electron chi connectivity index (χ3n) is 4.11. The number of aryl methyl sites for hydroxylation is 1. The summed E-state index contributed by atoms with van der Waals surface area (Å²) in [6.45, 7) is 7.39. The van der Waals surface area contributed by atoms with Crippen LogP contribution in [0.15, 0.2) is 18.2 Å². The molecule has 1 aliphatic rings. The van der Waals surface area contributed by atoms with Gasteiger partial charge < -0.3 is 9.84 Å². The number of rotatable bonds is 3. The van der Waals surface area contributed by atoms with Crippen LogP contribution in [-0.2, 0) is 16.0 Å². The molecule has 0 radical (unpaired) electrons. The number of carbonyl (C=O) groups is 2. The maximum Gasteiger partial charge on any atom is 0.411 e. The monoisotopic (exact) mass is 337 g/mol. The predicted molar refractivity (Wildman–Crippen MR) is 87.3 cm³/mol. The Morgan fingerprint density at radius 2 is 2.04 bits per heavy atom. The largest absolute Gasteiger partial charge is 0.480 e. The number of carboxylic acid groups (broad SMARTS) is 1. The van der Waals surface area contributed by atoms with Crippen LogP contribution >= 0.6 is 0 Å². The maximum atomic E-state index is 13.2. The summed E-state index contributed by atoms with van der Waals surface area (Å²) in [6.07, 6.45) is 0.369. The van der Waals surface area contributed by atoms with E-state index in [-0.39, 0.29) is 11.7 Å². The Morgan fingerprint density at radius 1 is 1.38 bits per heavy atom. The lowest BCUT2D eigenvalue weighted by molar-refractivity contribution is -0.142. The first kappa shape index (κ1) is 18.2. The molecule has 2 unspecified atom stereocenters. The van der Waals surface area contributed by atoms with E-state index in [1.54, 1.807) is 26.8 Å². The van der Waals surface area contributed by atoms with Gasteiger partial charge in [-0.25, -0.2) is 14.0 Å². The van der Waals surface area contributed by atoms with Crippen LogP contribution in [0.2, 0.25) is 0 Å². The highest BCUT2D eigenvalue weighted by Crippen LogP contribution is 2.29. The van der Waals surface area contributed by atoms with E-state index in [4.69, 9.17) is 4.74 Å². The van der Waals surface area contributed by atoms with E-state index in [2.05, 4.69) is 0 Å². The fraction of sp³-hybridized carbons (Fsp3) is 0.556. The van der Waals surface area contributed by atoms with Crippen LogP contribution in [0, 0.1) is 18.7 Å². The van der Waals surface area contributed by atoms with Crippen LogP contribution in [0.3, 0.4) is 0 Å². The molecule has 0 saturated carbocycles. The molecule has 0 spiro atoms. The van der Waals surface area contributed by atoms with E-state index in [9.17, 15) is 19.1 Å². The lowest BCUT2D eigenvalue weighted by atomic mass is 9.94. The number of carbonyl (C=O) groups excluding carboxylic acids is 1. The van der Waals surface area contributed by atoms with Crippen LogP contribution in [-0.4, -0.2) is 40.3 Å². The van der Waals surface area contributed by atoms with Crippen LogP contribution in [0.5, 0.6) is 0 Å². The van der Waals surface area contributed by atoms with Crippen LogP contribution in [0.25, 0.3) is 0 Å². The van der Waals surface area contributed by atoms with Gasteiger partial charge in [-0.2, -0.15) is 0 Å². The average Bonchev–Trinajstić information content (AvgIpc) is 2.84. The zero-order chi connectivity index (χ0) is 18.1. The van der Waals surface area contributed by atoms with Crippen molar-refractivity contribution in [2.75, 3.05) is 6.54 Å². The molecule has 132 valence electrons. The number of ether oxygens (including phenoxy) is 1. The highest BCUT2D eigenvalue weighted by atomic mass is 19.1. The highest BCUT2D eigenvalue weighted by Gasteiger charge is 2.41. The fourth-order valence-corrected chi connectivity index (χ4v) is 3.03. The summed E-state index contributed by atoms with van der Waals surface area (Å²) < 4.78 is 18.5. The summed E-state index contributed by atoms with van der Waals surface area (Å²) in [5.41, 5.74) is 1.13. The van der Waals surface area contributed by atoms with Crippen molar-refractivity contribution in [3.05, 3.63) is 35.1 Å². The average molecular weight is 337 g/mol. The number of hydrogen-bond acceptors (Lipinski definition) is 3. The third kappa shape index (κ3) is 4.46. The lowest BCUT2D eigenvalue weighted by Crippen LogP contribution is -2.43. The van der Waals surface area contributed by atoms with Crippen molar-refractivity contribution >= 4 is 12.1 Å².